The van der Waals surface area contributed by atoms with Gasteiger partial charge >= 0.3 is 0 Å². The molecule has 0 amide bonds. The van der Waals surface area contributed by atoms with Crippen LogP contribution in [0.5, 0.6) is 11.5 Å². The van der Waals surface area contributed by atoms with E-state index in [0.717, 1.165) is 55.3 Å². The highest BCUT2D eigenvalue weighted by Crippen LogP contribution is 2.30. The summed E-state index contributed by atoms with van der Waals surface area (Å²) in [6, 6.07) is 3.85. The third-order valence-electron chi connectivity index (χ3n) is 3.97. The van der Waals surface area contributed by atoms with E-state index in [2.05, 4.69) is 26.8 Å². The molecule has 0 saturated carbocycles. The number of nitrogens with zero attached hydrogens (tertiary/aromatic N) is 3. The van der Waals surface area contributed by atoms with E-state index in [9.17, 15) is 0 Å². The lowest BCUT2D eigenvalue weighted by Gasteiger charge is -2.32. The van der Waals surface area contributed by atoms with Crippen LogP contribution in [0.2, 0.25) is 0 Å². The number of ether oxygens (including phenoxy) is 2. The van der Waals surface area contributed by atoms with Gasteiger partial charge in [0.05, 0.1) is 24.5 Å². The Bertz CT molecular complexity index is 590. The normalized spacial score (nSPS) is 17.2. The van der Waals surface area contributed by atoms with Crippen LogP contribution in [-0.2, 0) is 0 Å². The monoisotopic (exact) mass is 290 g/mol. The Morgan fingerprint density at radius 3 is 2.76 bits per heavy atom. The van der Waals surface area contributed by atoms with E-state index in [1.54, 1.807) is 13.4 Å². The summed E-state index contributed by atoms with van der Waals surface area (Å²) in [5, 5.41) is 0. The van der Waals surface area contributed by atoms with Gasteiger partial charge in [-0.3, -0.25) is 4.90 Å². The minimum atomic E-state index is 0.666. The third kappa shape index (κ3) is 3.28. The molecule has 1 N–H and O–H groups in total. The molecule has 0 unspecified atom stereocenters. The van der Waals surface area contributed by atoms with Crippen LogP contribution in [0.4, 0.5) is 0 Å². The Labute approximate surface area is 124 Å². The van der Waals surface area contributed by atoms with E-state index < -0.39 is 0 Å². The number of nitrogens with one attached hydrogen (secondary N) is 1. The Kier molecular flexibility index (Phi) is 4.26. The zero-order valence-corrected chi connectivity index (χ0v) is 12.6. The van der Waals surface area contributed by atoms with E-state index >= 15 is 0 Å². The number of aromatic nitrogens is 2. The summed E-state index contributed by atoms with van der Waals surface area (Å²) in [5.41, 5.74) is 1.85. The summed E-state index contributed by atoms with van der Waals surface area (Å²) in [6.45, 7) is 6.08. The SMILES string of the molecule is COc1cc2nc[nH]c2cc1OCCN1CCN(C)CC1. The van der Waals surface area contributed by atoms with Crippen LogP contribution < -0.4 is 9.47 Å². The molecule has 1 aliphatic heterocycles. The van der Waals surface area contributed by atoms with Crippen molar-refractivity contribution in [2.75, 3.05) is 53.5 Å². The molecule has 1 aromatic carbocycles. The van der Waals surface area contributed by atoms with E-state index in [4.69, 9.17) is 9.47 Å². The second-order valence-electron chi connectivity index (χ2n) is 5.42. The maximum Gasteiger partial charge on any atom is 0.163 e. The van der Waals surface area contributed by atoms with E-state index in [0.29, 0.717) is 6.61 Å². The third-order valence-corrected chi connectivity index (χ3v) is 3.97. The highest BCUT2D eigenvalue weighted by molar-refractivity contribution is 5.79. The van der Waals surface area contributed by atoms with Crippen LogP contribution in [-0.4, -0.2) is 73.3 Å². The topological polar surface area (TPSA) is 53.6 Å². The van der Waals surface area contributed by atoms with Gasteiger partial charge in [0, 0.05) is 44.9 Å². The number of rotatable bonds is 5. The second kappa shape index (κ2) is 6.32. The van der Waals surface area contributed by atoms with Crippen LogP contribution in [0.1, 0.15) is 0 Å². The van der Waals surface area contributed by atoms with Crippen LogP contribution >= 0.6 is 0 Å². The van der Waals surface area contributed by atoms with E-state index in [1.165, 1.54) is 0 Å². The number of likely N-dealkylation sites (N-methyl/N-ethyl adjacent to an activating group) is 1. The molecule has 2 heterocycles. The first-order valence-corrected chi connectivity index (χ1v) is 7.31. The van der Waals surface area contributed by atoms with Crippen LogP contribution in [0.15, 0.2) is 18.5 Å². The molecule has 0 aliphatic carbocycles. The molecule has 1 fully saturated rings. The second-order valence-corrected chi connectivity index (χ2v) is 5.42. The van der Waals surface area contributed by atoms with Crippen molar-refractivity contribution in [1.29, 1.82) is 0 Å². The van der Waals surface area contributed by atoms with Gasteiger partial charge in [-0.1, -0.05) is 0 Å². The quantitative estimate of drug-likeness (QED) is 0.896. The molecule has 6 heteroatoms. The molecule has 0 bridgehead atoms. The molecular formula is C15H22N4O2. The molecule has 0 atom stereocenters. The fourth-order valence-electron chi connectivity index (χ4n) is 2.57. The summed E-state index contributed by atoms with van der Waals surface area (Å²) >= 11 is 0. The zero-order chi connectivity index (χ0) is 14.7. The first-order valence-electron chi connectivity index (χ1n) is 7.31. The molecule has 6 nitrogen and oxygen atoms in total. The number of hydrogen-bond donors (Lipinski definition) is 1. The summed E-state index contributed by atoms with van der Waals surface area (Å²) in [7, 11) is 3.82. The molecule has 0 spiro atoms. The van der Waals surface area contributed by atoms with Crippen molar-refractivity contribution in [3.05, 3.63) is 18.5 Å². The minimum Gasteiger partial charge on any atom is -0.493 e. The molecule has 0 radical (unpaired) electrons. The lowest BCUT2D eigenvalue weighted by atomic mass is 10.2. The number of imidazole rings is 1. The van der Waals surface area contributed by atoms with Gasteiger partial charge in [0.25, 0.3) is 0 Å². The number of fused-ring (bicyclic) bond motifs is 1. The summed E-state index contributed by atoms with van der Waals surface area (Å²) in [4.78, 5) is 12.1. The molecule has 21 heavy (non-hydrogen) atoms. The summed E-state index contributed by atoms with van der Waals surface area (Å²) in [5.74, 6) is 1.50. The fraction of sp³-hybridized carbons (Fsp3) is 0.533. The Morgan fingerprint density at radius 2 is 2.00 bits per heavy atom. The molecule has 1 saturated heterocycles. The molecule has 1 aromatic heterocycles. The maximum absolute atomic E-state index is 5.91. The first-order chi connectivity index (χ1) is 10.3. The number of methoxy groups -OCH3 is 1. The molecule has 3 rings (SSSR count). The lowest BCUT2D eigenvalue weighted by molar-refractivity contribution is 0.133. The smallest absolute Gasteiger partial charge is 0.163 e. The van der Waals surface area contributed by atoms with Crippen molar-refractivity contribution < 1.29 is 9.47 Å². The largest absolute Gasteiger partial charge is 0.493 e. The number of hydrogen-bond acceptors (Lipinski definition) is 5. The molecule has 2 aromatic rings. The average molecular weight is 290 g/mol. The Hall–Kier alpha value is -1.79. The molecule has 114 valence electrons. The van der Waals surface area contributed by atoms with Gasteiger partial charge in [0.1, 0.15) is 6.61 Å². The zero-order valence-electron chi connectivity index (χ0n) is 12.6. The van der Waals surface area contributed by atoms with Crippen molar-refractivity contribution in [3.63, 3.8) is 0 Å². The van der Waals surface area contributed by atoms with Gasteiger partial charge in [0.2, 0.25) is 0 Å². The van der Waals surface area contributed by atoms with Crippen LogP contribution in [0, 0.1) is 0 Å². The molecular weight excluding hydrogens is 268 g/mol. The standard InChI is InChI=1S/C15H22N4O2/c1-18-3-5-19(6-4-18)7-8-21-15-10-13-12(16-11-17-13)9-14(15)20-2/h9-11H,3-8H2,1-2H3,(H,16,17). The van der Waals surface area contributed by atoms with Gasteiger partial charge in [-0.2, -0.15) is 0 Å². The number of aromatic amines is 1. The van der Waals surface area contributed by atoms with Gasteiger partial charge in [0.15, 0.2) is 11.5 Å². The Balaban J connectivity index is 1.59. The lowest BCUT2D eigenvalue weighted by Crippen LogP contribution is -2.45. The van der Waals surface area contributed by atoms with E-state index in [-0.39, 0.29) is 0 Å². The van der Waals surface area contributed by atoms with E-state index in [1.807, 2.05) is 12.1 Å². The van der Waals surface area contributed by atoms with Crippen LogP contribution in [0.3, 0.4) is 0 Å². The highest BCUT2D eigenvalue weighted by Gasteiger charge is 2.14. The number of piperazine rings is 1. The predicted octanol–water partition coefficient (Wildman–Crippen LogP) is 1.20. The maximum atomic E-state index is 5.91. The van der Waals surface area contributed by atoms with Crippen molar-refractivity contribution in [2.24, 2.45) is 0 Å². The number of benzene rings is 1. The van der Waals surface area contributed by atoms with Gasteiger partial charge < -0.3 is 19.4 Å². The summed E-state index contributed by atoms with van der Waals surface area (Å²) in [6.07, 6.45) is 1.68. The van der Waals surface area contributed by atoms with Gasteiger partial charge in [-0.15, -0.1) is 0 Å². The fourth-order valence-corrected chi connectivity index (χ4v) is 2.57. The van der Waals surface area contributed by atoms with Gasteiger partial charge in [-0.25, -0.2) is 4.98 Å². The highest BCUT2D eigenvalue weighted by atomic mass is 16.5. The van der Waals surface area contributed by atoms with Gasteiger partial charge in [-0.05, 0) is 7.05 Å². The Morgan fingerprint density at radius 1 is 1.19 bits per heavy atom. The predicted molar refractivity (Wildman–Crippen MR) is 82.1 cm³/mol. The van der Waals surface area contributed by atoms with Crippen molar-refractivity contribution in [2.45, 2.75) is 0 Å². The average Bonchev–Trinajstić information content (AvgIpc) is 2.95. The van der Waals surface area contributed by atoms with Crippen molar-refractivity contribution in [3.8, 4) is 11.5 Å². The number of H-pyrrole nitrogens is 1. The minimum absolute atomic E-state index is 0.666. The van der Waals surface area contributed by atoms with Crippen LogP contribution in [0.25, 0.3) is 11.0 Å². The first kappa shape index (κ1) is 14.2. The van der Waals surface area contributed by atoms with Crippen molar-refractivity contribution in [1.82, 2.24) is 19.8 Å². The molecule has 1 aliphatic rings. The summed E-state index contributed by atoms with van der Waals surface area (Å²) < 4.78 is 11.3. The van der Waals surface area contributed by atoms with Crippen molar-refractivity contribution >= 4 is 11.0 Å².